The van der Waals surface area contributed by atoms with Gasteiger partial charge in [0, 0.05) is 12.2 Å². The predicted octanol–water partition coefficient (Wildman–Crippen LogP) is 2.58. The van der Waals surface area contributed by atoms with Crippen LogP contribution in [0.5, 0.6) is 0 Å². The molecular weight excluding hydrogens is 242 g/mol. The molecule has 2 unspecified atom stereocenters. The summed E-state index contributed by atoms with van der Waals surface area (Å²) >= 11 is 3.39. The number of rotatable bonds is 2. The van der Waals surface area contributed by atoms with Crippen molar-refractivity contribution in [3.63, 3.8) is 0 Å². The van der Waals surface area contributed by atoms with Crippen LogP contribution in [-0.4, -0.2) is 15.8 Å². The summed E-state index contributed by atoms with van der Waals surface area (Å²) in [7, 11) is 0. The molecule has 2 atom stereocenters. The van der Waals surface area contributed by atoms with Crippen LogP contribution in [0.3, 0.4) is 0 Å². The number of hydrogen-bond donors (Lipinski definition) is 1. The number of nitrogens with two attached hydrogens (primary N) is 1. The number of nitrogens with zero attached hydrogens (tertiary/aromatic N) is 2. The van der Waals surface area contributed by atoms with E-state index in [1.807, 2.05) is 17.8 Å². The Morgan fingerprint density at radius 3 is 2.36 bits per heavy atom. The van der Waals surface area contributed by atoms with Crippen molar-refractivity contribution in [2.75, 3.05) is 0 Å². The molecule has 1 heterocycles. The first-order valence-electron chi connectivity index (χ1n) is 4.77. The van der Waals surface area contributed by atoms with Crippen LogP contribution in [0.4, 0.5) is 0 Å². The van der Waals surface area contributed by atoms with Crippen LogP contribution < -0.4 is 5.73 Å². The predicted molar refractivity (Wildman–Crippen MR) is 62.1 cm³/mol. The Kier molecular flexibility index (Phi) is 3.37. The minimum absolute atomic E-state index is 0.0850. The van der Waals surface area contributed by atoms with E-state index in [-0.39, 0.29) is 17.5 Å². The Morgan fingerprint density at radius 2 is 2.07 bits per heavy atom. The largest absolute Gasteiger partial charge is 0.326 e. The molecule has 1 aromatic rings. The average Bonchev–Trinajstić information content (AvgIpc) is 2.31. The molecule has 0 fully saturated rings. The molecule has 0 radical (unpaired) electrons. The molecule has 0 saturated heterocycles. The summed E-state index contributed by atoms with van der Waals surface area (Å²) in [5, 5.41) is 4.29. The highest BCUT2D eigenvalue weighted by Crippen LogP contribution is 2.32. The maximum atomic E-state index is 5.99. The summed E-state index contributed by atoms with van der Waals surface area (Å²) < 4.78 is 2.93. The van der Waals surface area contributed by atoms with Crippen LogP contribution in [0.15, 0.2) is 16.9 Å². The van der Waals surface area contributed by atoms with Gasteiger partial charge in [-0.3, -0.25) is 4.68 Å². The lowest BCUT2D eigenvalue weighted by Gasteiger charge is -2.33. The highest BCUT2D eigenvalue weighted by Gasteiger charge is 2.30. The lowest BCUT2D eigenvalue weighted by atomic mass is 9.83. The summed E-state index contributed by atoms with van der Waals surface area (Å²) in [5.41, 5.74) is 6.10. The second-order valence-electron chi connectivity index (χ2n) is 4.81. The first-order valence-corrected chi connectivity index (χ1v) is 5.57. The van der Waals surface area contributed by atoms with Gasteiger partial charge in [-0.2, -0.15) is 5.10 Å². The van der Waals surface area contributed by atoms with Gasteiger partial charge in [-0.1, -0.05) is 20.8 Å². The van der Waals surface area contributed by atoms with E-state index in [1.54, 1.807) is 6.20 Å². The van der Waals surface area contributed by atoms with E-state index in [1.165, 1.54) is 0 Å². The smallest absolute Gasteiger partial charge is 0.0715 e. The van der Waals surface area contributed by atoms with E-state index in [2.05, 4.69) is 41.8 Å². The van der Waals surface area contributed by atoms with Crippen molar-refractivity contribution in [3.8, 4) is 0 Å². The van der Waals surface area contributed by atoms with Crippen molar-refractivity contribution >= 4 is 15.9 Å². The Labute approximate surface area is 93.8 Å². The molecule has 1 rings (SSSR count). The molecule has 14 heavy (non-hydrogen) atoms. The Hall–Kier alpha value is -0.350. The van der Waals surface area contributed by atoms with Gasteiger partial charge < -0.3 is 5.73 Å². The summed E-state index contributed by atoms with van der Waals surface area (Å²) in [6.07, 6.45) is 3.76. The average molecular weight is 260 g/mol. The Balaban J connectivity index is 3.01. The van der Waals surface area contributed by atoms with E-state index < -0.39 is 0 Å². The molecule has 2 N–H and O–H groups in total. The Bertz CT molecular complexity index is 299. The van der Waals surface area contributed by atoms with E-state index in [4.69, 9.17) is 5.73 Å². The number of hydrogen-bond acceptors (Lipinski definition) is 2. The minimum atomic E-state index is 0.0850. The lowest BCUT2D eigenvalue weighted by Crippen LogP contribution is -2.38. The molecule has 0 bridgehead atoms. The van der Waals surface area contributed by atoms with Crippen molar-refractivity contribution in [1.29, 1.82) is 0 Å². The Morgan fingerprint density at radius 1 is 1.50 bits per heavy atom. The van der Waals surface area contributed by atoms with Crippen molar-refractivity contribution < 1.29 is 0 Å². The van der Waals surface area contributed by atoms with Gasteiger partial charge in [-0.25, -0.2) is 0 Å². The van der Waals surface area contributed by atoms with E-state index in [9.17, 15) is 0 Å². The third kappa shape index (κ3) is 2.58. The van der Waals surface area contributed by atoms with Crippen LogP contribution in [0, 0.1) is 5.41 Å². The van der Waals surface area contributed by atoms with Crippen LogP contribution in [0.25, 0.3) is 0 Å². The monoisotopic (exact) mass is 259 g/mol. The van der Waals surface area contributed by atoms with Gasteiger partial charge in [0.05, 0.1) is 16.7 Å². The van der Waals surface area contributed by atoms with Gasteiger partial charge in [-0.15, -0.1) is 0 Å². The molecule has 3 nitrogen and oxygen atoms in total. The third-order valence-corrected chi connectivity index (χ3v) is 2.65. The minimum Gasteiger partial charge on any atom is -0.326 e. The first-order chi connectivity index (χ1) is 6.32. The van der Waals surface area contributed by atoms with Gasteiger partial charge in [0.1, 0.15) is 0 Å². The fourth-order valence-corrected chi connectivity index (χ4v) is 2.19. The molecule has 0 saturated carbocycles. The van der Waals surface area contributed by atoms with Gasteiger partial charge >= 0.3 is 0 Å². The quantitative estimate of drug-likeness (QED) is 0.888. The molecule has 0 aromatic carbocycles. The van der Waals surface area contributed by atoms with E-state index >= 15 is 0 Å². The standard InChI is InChI=1S/C10H18BrN3/c1-7(12)9(10(2,3)4)14-6-8(11)5-13-14/h5-7,9H,12H2,1-4H3. The molecular formula is C10H18BrN3. The fourth-order valence-electron chi connectivity index (χ4n) is 1.89. The van der Waals surface area contributed by atoms with E-state index in [0.29, 0.717) is 0 Å². The number of halogens is 1. The van der Waals surface area contributed by atoms with Crippen molar-refractivity contribution in [2.45, 2.75) is 39.8 Å². The first kappa shape index (κ1) is 11.7. The second kappa shape index (κ2) is 4.03. The molecule has 4 heteroatoms. The number of aromatic nitrogens is 2. The maximum absolute atomic E-state index is 5.99. The van der Waals surface area contributed by atoms with Crippen LogP contribution in [0.2, 0.25) is 0 Å². The summed E-state index contributed by atoms with van der Waals surface area (Å²) in [6.45, 7) is 8.55. The van der Waals surface area contributed by atoms with Crippen LogP contribution in [0.1, 0.15) is 33.7 Å². The summed E-state index contributed by atoms with van der Waals surface area (Å²) in [5.74, 6) is 0. The topological polar surface area (TPSA) is 43.8 Å². The maximum Gasteiger partial charge on any atom is 0.0715 e. The van der Waals surface area contributed by atoms with Gasteiger partial charge in [0.2, 0.25) is 0 Å². The van der Waals surface area contributed by atoms with Gasteiger partial charge in [-0.05, 0) is 28.3 Å². The zero-order valence-corrected chi connectivity index (χ0v) is 10.7. The molecule has 0 aliphatic heterocycles. The zero-order chi connectivity index (χ0) is 10.9. The second-order valence-corrected chi connectivity index (χ2v) is 5.72. The highest BCUT2D eigenvalue weighted by molar-refractivity contribution is 9.10. The van der Waals surface area contributed by atoms with Gasteiger partial charge in [0.25, 0.3) is 0 Å². The summed E-state index contributed by atoms with van der Waals surface area (Å²) in [4.78, 5) is 0. The van der Waals surface area contributed by atoms with Crippen LogP contribution in [-0.2, 0) is 0 Å². The van der Waals surface area contributed by atoms with Gasteiger partial charge in [0.15, 0.2) is 0 Å². The molecule has 0 amide bonds. The molecule has 80 valence electrons. The normalized spacial score (nSPS) is 16.7. The lowest BCUT2D eigenvalue weighted by molar-refractivity contribution is 0.196. The molecule has 0 aliphatic carbocycles. The van der Waals surface area contributed by atoms with Crippen molar-refractivity contribution in [1.82, 2.24) is 9.78 Å². The molecule has 0 aliphatic rings. The summed E-state index contributed by atoms with van der Waals surface area (Å²) in [6, 6.07) is 0.301. The fraction of sp³-hybridized carbons (Fsp3) is 0.700. The molecule has 0 spiro atoms. The van der Waals surface area contributed by atoms with Crippen LogP contribution >= 0.6 is 15.9 Å². The van der Waals surface area contributed by atoms with Crippen molar-refractivity contribution in [2.24, 2.45) is 11.1 Å². The van der Waals surface area contributed by atoms with E-state index in [0.717, 1.165) is 4.47 Å². The SMILES string of the molecule is CC(N)C(n1cc(Br)cn1)C(C)(C)C. The zero-order valence-electron chi connectivity index (χ0n) is 9.16. The van der Waals surface area contributed by atoms with Crippen molar-refractivity contribution in [3.05, 3.63) is 16.9 Å². The third-order valence-electron chi connectivity index (χ3n) is 2.24. The molecule has 1 aromatic heterocycles. The highest BCUT2D eigenvalue weighted by atomic mass is 79.9.